The lowest BCUT2D eigenvalue weighted by Gasteiger charge is -2.48. The van der Waals surface area contributed by atoms with Gasteiger partial charge in [-0.1, -0.05) is 57.2 Å². The quantitative estimate of drug-likeness (QED) is 0.710. The van der Waals surface area contributed by atoms with E-state index in [9.17, 15) is 5.11 Å². The zero-order valence-electron chi connectivity index (χ0n) is 13.5. The summed E-state index contributed by atoms with van der Waals surface area (Å²) in [7, 11) is 0. The van der Waals surface area contributed by atoms with Crippen molar-refractivity contribution in [2.45, 2.75) is 58.5 Å². The highest BCUT2D eigenvalue weighted by molar-refractivity contribution is 5.58. The minimum atomic E-state index is -0.0796. The Bertz CT molecular complexity index is 532. The first kappa shape index (κ1) is 14.8. The molecule has 1 N–H and O–H groups in total. The van der Waals surface area contributed by atoms with Crippen LogP contribution < -0.4 is 0 Å². The average Bonchev–Trinajstić information content (AvgIpc) is 2.85. The molecule has 2 saturated carbocycles. The minimum Gasteiger partial charge on any atom is -0.393 e. The van der Waals surface area contributed by atoms with Crippen LogP contribution >= 0.6 is 0 Å². The Balaban J connectivity index is 0.000000636. The summed E-state index contributed by atoms with van der Waals surface area (Å²) in [5, 5.41) is 10.3. The van der Waals surface area contributed by atoms with E-state index in [0.717, 1.165) is 6.42 Å². The van der Waals surface area contributed by atoms with E-state index < -0.39 is 0 Å². The summed E-state index contributed by atoms with van der Waals surface area (Å²) in [5.41, 5.74) is 3.11. The second kappa shape index (κ2) is 5.61. The number of hydrogen-bond acceptors (Lipinski definition) is 1. The van der Waals surface area contributed by atoms with Crippen molar-refractivity contribution < 1.29 is 5.11 Å². The lowest BCUT2D eigenvalue weighted by atomic mass is 9.57. The molecule has 4 rings (SSSR count). The highest BCUT2D eigenvalue weighted by Gasteiger charge is 2.53. The third kappa shape index (κ3) is 2.17. The molecule has 2 fully saturated rings. The van der Waals surface area contributed by atoms with E-state index in [1.54, 1.807) is 5.56 Å². The zero-order valence-corrected chi connectivity index (χ0v) is 13.5. The monoisotopic (exact) mass is 284 g/mol. The van der Waals surface area contributed by atoms with E-state index in [1.807, 2.05) is 13.8 Å². The number of rotatable bonds is 0. The van der Waals surface area contributed by atoms with Crippen molar-refractivity contribution in [2.75, 3.05) is 0 Å². The van der Waals surface area contributed by atoms with Gasteiger partial charge in [0.1, 0.15) is 0 Å². The van der Waals surface area contributed by atoms with Crippen LogP contribution in [0.25, 0.3) is 6.08 Å². The van der Waals surface area contributed by atoms with Gasteiger partial charge in [-0.2, -0.15) is 0 Å². The maximum absolute atomic E-state index is 10.3. The van der Waals surface area contributed by atoms with Crippen LogP contribution in [-0.2, 0) is 0 Å². The summed E-state index contributed by atoms with van der Waals surface area (Å²) >= 11 is 0. The smallest absolute Gasteiger partial charge is 0.0596 e. The van der Waals surface area contributed by atoms with Crippen LogP contribution in [0.1, 0.15) is 63.5 Å². The molecular weight excluding hydrogens is 256 g/mol. The van der Waals surface area contributed by atoms with Gasteiger partial charge in [0, 0.05) is 0 Å². The van der Waals surface area contributed by atoms with E-state index in [0.29, 0.717) is 17.8 Å². The van der Waals surface area contributed by atoms with Crippen molar-refractivity contribution in [2.24, 2.45) is 17.3 Å². The fourth-order valence-corrected chi connectivity index (χ4v) is 5.01. The van der Waals surface area contributed by atoms with Crippen LogP contribution in [0.2, 0.25) is 0 Å². The highest BCUT2D eigenvalue weighted by atomic mass is 16.3. The summed E-state index contributed by atoms with van der Waals surface area (Å²) in [6, 6.07) is 8.85. The molecule has 0 aliphatic heterocycles. The van der Waals surface area contributed by atoms with Gasteiger partial charge in [-0.3, -0.25) is 0 Å². The van der Waals surface area contributed by atoms with E-state index in [4.69, 9.17) is 0 Å². The summed E-state index contributed by atoms with van der Waals surface area (Å²) in [4.78, 5) is 0. The maximum Gasteiger partial charge on any atom is 0.0596 e. The van der Waals surface area contributed by atoms with Gasteiger partial charge in [0.25, 0.3) is 0 Å². The second-order valence-electron chi connectivity index (χ2n) is 6.92. The number of aliphatic hydroxyl groups excluding tert-OH is 1. The molecule has 21 heavy (non-hydrogen) atoms. The van der Waals surface area contributed by atoms with Crippen molar-refractivity contribution >= 4 is 6.08 Å². The molecule has 114 valence electrons. The number of allylic oxidation sites excluding steroid dienone is 1. The number of benzene rings is 1. The van der Waals surface area contributed by atoms with Crippen molar-refractivity contribution in [3.8, 4) is 0 Å². The molecule has 0 aromatic heterocycles. The van der Waals surface area contributed by atoms with Gasteiger partial charge in [-0.15, -0.1) is 0 Å². The van der Waals surface area contributed by atoms with Gasteiger partial charge in [-0.05, 0) is 60.0 Å². The Labute approximate surface area is 129 Å². The molecule has 0 unspecified atom stereocenters. The minimum absolute atomic E-state index is 0.0796. The molecule has 1 aromatic carbocycles. The van der Waals surface area contributed by atoms with Crippen LogP contribution in [0.15, 0.2) is 30.3 Å². The molecule has 0 bridgehead atoms. The Hall–Kier alpha value is -1.08. The molecular formula is C20H28O. The fraction of sp³-hybridized carbons (Fsp3) is 0.600. The average molecular weight is 284 g/mol. The number of aliphatic hydroxyl groups is 1. The Morgan fingerprint density at radius 3 is 2.67 bits per heavy atom. The standard InChI is InChI=1S/C18H22O.C2H6/c1-18-11-10-14-13-5-3-2-4-12(13)6-7-15(14)16(18)8-9-17(18)19;1-2/h2-7,14-17,19H,8-11H2,1H3;1-2H3/t14-,15-,16+,17+,18+;/m0./s1. The van der Waals surface area contributed by atoms with E-state index in [1.165, 1.54) is 24.8 Å². The van der Waals surface area contributed by atoms with E-state index in [2.05, 4.69) is 43.3 Å². The molecule has 3 aliphatic rings. The van der Waals surface area contributed by atoms with Gasteiger partial charge in [0.05, 0.1) is 6.10 Å². The molecule has 5 atom stereocenters. The Morgan fingerprint density at radius 1 is 1.10 bits per heavy atom. The SMILES string of the molecule is CC.C[C@@]12CC[C@H]3c4ccccc4C=C[C@@H]3[C@H]1CC[C@H]2O. The summed E-state index contributed by atoms with van der Waals surface area (Å²) in [6.45, 7) is 6.32. The summed E-state index contributed by atoms with van der Waals surface area (Å²) in [5.74, 6) is 2.00. The van der Waals surface area contributed by atoms with Crippen LogP contribution in [0.4, 0.5) is 0 Å². The predicted octanol–water partition coefficient (Wildman–Crippen LogP) is 5.01. The number of fused-ring (bicyclic) bond motifs is 5. The molecule has 0 amide bonds. The van der Waals surface area contributed by atoms with E-state index >= 15 is 0 Å². The normalized spacial score (nSPS) is 39.6. The van der Waals surface area contributed by atoms with Crippen molar-refractivity contribution in [1.82, 2.24) is 0 Å². The van der Waals surface area contributed by atoms with Gasteiger partial charge in [-0.25, -0.2) is 0 Å². The summed E-state index contributed by atoms with van der Waals surface area (Å²) < 4.78 is 0. The van der Waals surface area contributed by atoms with E-state index in [-0.39, 0.29) is 11.5 Å². The van der Waals surface area contributed by atoms with Crippen LogP contribution in [-0.4, -0.2) is 11.2 Å². The third-order valence-corrected chi connectivity index (χ3v) is 6.18. The summed E-state index contributed by atoms with van der Waals surface area (Å²) in [6.07, 6.45) is 9.28. The molecule has 3 aliphatic carbocycles. The maximum atomic E-state index is 10.3. The van der Waals surface area contributed by atoms with Crippen LogP contribution in [0, 0.1) is 17.3 Å². The zero-order chi connectivity index (χ0) is 15.0. The first-order valence-corrected chi connectivity index (χ1v) is 8.65. The second-order valence-corrected chi connectivity index (χ2v) is 6.92. The van der Waals surface area contributed by atoms with Crippen molar-refractivity contribution in [3.63, 3.8) is 0 Å². The van der Waals surface area contributed by atoms with Gasteiger partial charge < -0.3 is 5.11 Å². The molecule has 0 heterocycles. The van der Waals surface area contributed by atoms with Gasteiger partial charge in [0.15, 0.2) is 0 Å². The molecule has 0 spiro atoms. The largest absolute Gasteiger partial charge is 0.393 e. The van der Waals surface area contributed by atoms with Crippen LogP contribution in [0.3, 0.4) is 0 Å². The molecule has 0 saturated heterocycles. The lowest BCUT2D eigenvalue weighted by Crippen LogP contribution is -2.42. The molecule has 1 heteroatoms. The van der Waals surface area contributed by atoms with Crippen molar-refractivity contribution in [1.29, 1.82) is 0 Å². The fourth-order valence-electron chi connectivity index (χ4n) is 5.01. The lowest BCUT2D eigenvalue weighted by molar-refractivity contribution is -0.00796. The topological polar surface area (TPSA) is 20.2 Å². The van der Waals surface area contributed by atoms with Gasteiger partial charge >= 0.3 is 0 Å². The third-order valence-electron chi connectivity index (χ3n) is 6.18. The van der Waals surface area contributed by atoms with Crippen LogP contribution in [0.5, 0.6) is 0 Å². The van der Waals surface area contributed by atoms with Crippen molar-refractivity contribution in [3.05, 3.63) is 41.5 Å². The van der Waals surface area contributed by atoms with Gasteiger partial charge in [0.2, 0.25) is 0 Å². The highest BCUT2D eigenvalue weighted by Crippen LogP contribution is 2.59. The predicted molar refractivity (Wildman–Crippen MR) is 89.1 cm³/mol. The molecule has 1 aromatic rings. The first-order valence-electron chi connectivity index (χ1n) is 8.65. The number of hydrogen-bond donors (Lipinski definition) is 1. The molecule has 0 radical (unpaired) electrons. The molecule has 1 nitrogen and oxygen atoms in total. The first-order chi connectivity index (χ1) is 10.2. The Kier molecular flexibility index (Phi) is 3.96. The Morgan fingerprint density at radius 2 is 1.86 bits per heavy atom.